The zero-order chi connectivity index (χ0) is 26.1. The lowest BCUT2D eigenvalue weighted by Gasteiger charge is -2.29. The van der Waals surface area contributed by atoms with Gasteiger partial charge in [0.15, 0.2) is 0 Å². The van der Waals surface area contributed by atoms with Crippen LogP contribution in [0.4, 0.5) is 0 Å². The van der Waals surface area contributed by atoms with Crippen molar-refractivity contribution in [3.63, 3.8) is 0 Å². The summed E-state index contributed by atoms with van der Waals surface area (Å²) in [5, 5.41) is 9.10. The maximum absolute atomic E-state index is 13.7. The van der Waals surface area contributed by atoms with Gasteiger partial charge in [-0.15, -0.1) is 0 Å². The van der Waals surface area contributed by atoms with Gasteiger partial charge in [-0.1, -0.05) is 92.2 Å². The number of hydrogen-bond acceptors (Lipinski definition) is 4. The number of hydrogen-bond donors (Lipinski definition) is 3. The quantitative estimate of drug-likeness (QED) is 0.327. The maximum Gasteiger partial charge on any atom is 0.251 e. The predicted molar refractivity (Wildman–Crippen MR) is 150 cm³/mol. The van der Waals surface area contributed by atoms with Crippen molar-refractivity contribution in [2.24, 2.45) is 5.92 Å². The van der Waals surface area contributed by atoms with E-state index in [1.165, 1.54) is 11.1 Å². The van der Waals surface area contributed by atoms with E-state index >= 15 is 0 Å². The van der Waals surface area contributed by atoms with Crippen molar-refractivity contribution in [3.05, 3.63) is 106 Å². The molecule has 1 saturated heterocycles. The van der Waals surface area contributed by atoms with Crippen LogP contribution in [0.3, 0.4) is 0 Å². The van der Waals surface area contributed by atoms with Crippen LogP contribution in [0.15, 0.2) is 89.8 Å². The van der Waals surface area contributed by atoms with Gasteiger partial charge >= 0.3 is 0 Å². The lowest BCUT2D eigenvalue weighted by molar-refractivity contribution is -0.118. The summed E-state index contributed by atoms with van der Waals surface area (Å²) in [6.45, 7) is 11.3. The molecule has 1 aliphatic rings. The topological polar surface area (TPSA) is 56.4 Å². The van der Waals surface area contributed by atoms with Crippen LogP contribution in [0, 0.1) is 12.8 Å². The molecule has 36 heavy (non-hydrogen) atoms. The Morgan fingerprint density at radius 1 is 1.14 bits per heavy atom. The molecule has 5 heteroatoms. The Labute approximate surface area is 217 Å². The summed E-state index contributed by atoms with van der Waals surface area (Å²) >= 11 is 0. The second-order valence-electron chi connectivity index (χ2n) is 9.67. The number of amides is 1. The molecule has 1 heterocycles. The molecule has 3 unspecified atom stereocenters. The summed E-state index contributed by atoms with van der Waals surface area (Å²) in [6, 6.07) is 18.4. The smallest absolute Gasteiger partial charge is 0.251 e. The first-order chi connectivity index (χ1) is 17.4. The van der Waals surface area contributed by atoms with E-state index in [4.69, 9.17) is 0 Å². The number of nitrogens with zero attached hydrogens (tertiary/aromatic N) is 1. The number of carbonyl (C=O) groups excluding carboxylic acids is 1. The Balaban J connectivity index is 1.97. The van der Waals surface area contributed by atoms with Gasteiger partial charge in [0, 0.05) is 13.6 Å². The van der Waals surface area contributed by atoms with Gasteiger partial charge in [0.25, 0.3) is 5.91 Å². The molecule has 0 saturated carbocycles. The van der Waals surface area contributed by atoms with Crippen LogP contribution in [0.5, 0.6) is 0 Å². The maximum atomic E-state index is 13.7. The van der Waals surface area contributed by atoms with Crippen molar-refractivity contribution in [2.45, 2.75) is 59.5 Å². The summed E-state index contributed by atoms with van der Waals surface area (Å²) in [6.07, 6.45) is 8.54. The van der Waals surface area contributed by atoms with Gasteiger partial charge in [-0.25, -0.2) is 5.43 Å². The molecule has 3 N–H and O–H groups in total. The molecule has 2 aromatic rings. The number of allylic oxidation sites excluding steroid dienone is 2. The third-order valence-corrected chi connectivity index (χ3v) is 6.78. The first-order valence-corrected chi connectivity index (χ1v) is 13.0. The van der Waals surface area contributed by atoms with Gasteiger partial charge in [0.2, 0.25) is 0 Å². The van der Waals surface area contributed by atoms with Crippen LogP contribution < -0.4 is 16.1 Å². The minimum absolute atomic E-state index is 0.0911. The van der Waals surface area contributed by atoms with Crippen molar-refractivity contribution in [2.75, 3.05) is 13.6 Å². The Morgan fingerprint density at radius 2 is 1.81 bits per heavy atom. The van der Waals surface area contributed by atoms with Gasteiger partial charge in [0.05, 0.1) is 17.7 Å². The molecule has 0 aromatic heterocycles. The molecule has 1 aliphatic heterocycles. The zero-order valence-corrected chi connectivity index (χ0v) is 22.6. The highest BCUT2D eigenvalue weighted by Gasteiger charge is 2.28. The second-order valence-corrected chi connectivity index (χ2v) is 9.67. The van der Waals surface area contributed by atoms with E-state index in [2.05, 4.69) is 103 Å². The van der Waals surface area contributed by atoms with E-state index in [1.54, 1.807) is 0 Å². The van der Waals surface area contributed by atoms with E-state index in [1.807, 2.05) is 32.2 Å². The molecule has 3 rings (SSSR count). The fourth-order valence-electron chi connectivity index (χ4n) is 4.69. The van der Waals surface area contributed by atoms with Crippen molar-refractivity contribution < 1.29 is 4.79 Å². The van der Waals surface area contributed by atoms with Crippen molar-refractivity contribution in [1.29, 1.82) is 0 Å². The van der Waals surface area contributed by atoms with Gasteiger partial charge in [0.1, 0.15) is 5.82 Å². The average molecular weight is 487 g/mol. The fraction of sp³-hybridized carbons (Fsp3) is 0.387. The minimum Gasteiger partial charge on any atom is -0.364 e. The lowest BCUT2D eigenvalue weighted by atomic mass is 9.95. The highest BCUT2D eigenvalue weighted by atomic mass is 16.1. The highest BCUT2D eigenvalue weighted by molar-refractivity contribution is 5.94. The number of nitrogens with one attached hydrogen (secondary N) is 3. The highest BCUT2D eigenvalue weighted by Crippen LogP contribution is 2.26. The molecule has 0 radical (unpaired) electrons. The largest absolute Gasteiger partial charge is 0.364 e. The first-order valence-electron chi connectivity index (χ1n) is 13.0. The Kier molecular flexibility index (Phi) is 9.95. The molecule has 0 spiro atoms. The van der Waals surface area contributed by atoms with Crippen LogP contribution in [0.1, 0.15) is 63.3 Å². The van der Waals surface area contributed by atoms with E-state index < -0.39 is 0 Å². The van der Waals surface area contributed by atoms with Crippen LogP contribution in [0.25, 0.3) is 0 Å². The van der Waals surface area contributed by atoms with Gasteiger partial charge < -0.3 is 10.6 Å². The van der Waals surface area contributed by atoms with Crippen LogP contribution >= 0.6 is 0 Å². The van der Waals surface area contributed by atoms with Crippen LogP contribution in [-0.4, -0.2) is 30.6 Å². The molecule has 5 nitrogen and oxygen atoms in total. The predicted octanol–water partition coefficient (Wildman–Crippen LogP) is 5.78. The van der Waals surface area contributed by atoms with E-state index in [-0.39, 0.29) is 18.0 Å². The summed E-state index contributed by atoms with van der Waals surface area (Å²) in [5.74, 6) is 1.17. The number of hydrazine groups is 1. The third-order valence-electron chi connectivity index (χ3n) is 6.78. The molecule has 1 fully saturated rings. The average Bonchev–Trinajstić information content (AvgIpc) is 3.06. The van der Waals surface area contributed by atoms with Crippen LogP contribution in [0.2, 0.25) is 0 Å². The molecular weight excluding hydrogens is 444 g/mol. The van der Waals surface area contributed by atoms with Crippen molar-refractivity contribution >= 4 is 5.91 Å². The number of aryl methyl sites for hydroxylation is 1. The van der Waals surface area contributed by atoms with Crippen molar-refractivity contribution in [1.82, 2.24) is 21.1 Å². The van der Waals surface area contributed by atoms with Gasteiger partial charge in [-0.3, -0.25) is 9.80 Å². The summed E-state index contributed by atoms with van der Waals surface area (Å²) in [5.41, 5.74) is 8.51. The molecule has 192 valence electrons. The molecule has 0 aliphatic carbocycles. The molecule has 3 atom stereocenters. The number of rotatable bonds is 8. The Bertz CT molecular complexity index is 1090. The fourth-order valence-corrected chi connectivity index (χ4v) is 4.69. The second kappa shape index (κ2) is 13.1. The number of carbonyl (C=O) groups is 1. The monoisotopic (exact) mass is 486 g/mol. The van der Waals surface area contributed by atoms with Crippen molar-refractivity contribution in [3.8, 4) is 0 Å². The normalized spacial score (nSPS) is 21.1. The molecule has 0 bridgehead atoms. The third kappa shape index (κ3) is 6.88. The lowest BCUT2D eigenvalue weighted by Crippen LogP contribution is -2.44. The molecule has 2 aromatic carbocycles. The van der Waals surface area contributed by atoms with E-state index in [9.17, 15) is 4.79 Å². The van der Waals surface area contributed by atoms with E-state index in [0.717, 1.165) is 36.3 Å². The summed E-state index contributed by atoms with van der Waals surface area (Å²) in [4.78, 5) is 13.7. The van der Waals surface area contributed by atoms with Crippen LogP contribution in [-0.2, 0) is 4.79 Å². The first kappa shape index (κ1) is 27.3. The standard InChI is InChI=1S/C31H42N4O/c1-7-9-13-25(8-2)28-20-23(4)21-35(32-6)30(33-28)24(5)31(36)34-29(26-14-11-10-12-15-26)27-18-16-22(3)17-19-27/h8-19,23,28-29,32-33H,7,20-21H2,1-6H3,(H,34,36)/b13-9?,25-8+,30-24+. The zero-order valence-electron chi connectivity index (χ0n) is 22.6. The molecule has 1 amide bonds. The van der Waals surface area contributed by atoms with Gasteiger partial charge in [-0.2, -0.15) is 0 Å². The Hall–Kier alpha value is -3.31. The minimum atomic E-state index is -0.239. The summed E-state index contributed by atoms with van der Waals surface area (Å²) < 4.78 is 0. The van der Waals surface area contributed by atoms with E-state index in [0.29, 0.717) is 11.5 Å². The van der Waals surface area contributed by atoms with Gasteiger partial charge in [-0.05, 0) is 56.2 Å². The SMILES string of the molecule is C/C=C(\C=CCC)C1CC(C)CN(NC)/C(=C(\C)C(=O)NC(c2ccccc2)c2ccc(C)cc2)N1. The summed E-state index contributed by atoms with van der Waals surface area (Å²) in [7, 11) is 1.91. The number of benzene rings is 2. The Morgan fingerprint density at radius 3 is 2.42 bits per heavy atom. The molecular formula is C31H42N4O.